The molecule has 0 aromatic heterocycles. The van der Waals surface area contributed by atoms with Crippen LogP contribution in [-0.2, 0) is 26.2 Å². The predicted molar refractivity (Wildman–Crippen MR) is 165 cm³/mol. The molecule has 1 fully saturated rings. The maximum absolute atomic E-state index is 14.1. The first-order valence-corrected chi connectivity index (χ1v) is 16.3. The average molecular weight is 630 g/mol. The van der Waals surface area contributed by atoms with Crippen molar-refractivity contribution < 1.29 is 27.1 Å². The summed E-state index contributed by atoms with van der Waals surface area (Å²) in [7, 11) is -4.31. The molecule has 0 saturated heterocycles. The Labute approximate surface area is 257 Å². The van der Waals surface area contributed by atoms with Crippen molar-refractivity contribution in [3.05, 3.63) is 89.2 Å². The Kier molecular flexibility index (Phi) is 11.0. The van der Waals surface area contributed by atoms with Gasteiger partial charge in [-0.3, -0.25) is 13.9 Å². The number of halogens is 2. The van der Waals surface area contributed by atoms with Crippen molar-refractivity contribution in [2.45, 2.75) is 69.5 Å². The number of hydrogen-bond acceptors (Lipinski definition) is 5. The Bertz CT molecular complexity index is 1480. The van der Waals surface area contributed by atoms with Gasteiger partial charge in [0.15, 0.2) is 0 Å². The summed E-state index contributed by atoms with van der Waals surface area (Å²) in [6.07, 6.45) is 4.96. The standard InChI is InChI=1S/C32H37ClFN3O5S/c1-3-42-29-17-15-28(16-18-29)37(43(40,41)30-19-13-26(34)14-20-30)22-31(38)36(21-24-9-11-25(33)12-10-24)23(2)32(39)35-27-7-5-4-6-8-27/h9-20,23,27H,3-8,21-22H2,1-2H3,(H,35,39). The second kappa shape index (κ2) is 14.7. The molecular formula is C32H37ClFN3O5S. The number of ether oxygens (including phenoxy) is 1. The molecule has 43 heavy (non-hydrogen) atoms. The second-order valence-corrected chi connectivity index (χ2v) is 12.9. The quantitative estimate of drug-likeness (QED) is 0.268. The van der Waals surface area contributed by atoms with Crippen molar-refractivity contribution in [2.24, 2.45) is 0 Å². The highest BCUT2D eigenvalue weighted by Gasteiger charge is 2.33. The highest BCUT2D eigenvalue weighted by atomic mass is 35.5. The lowest BCUT2D eigenvalue weighted by molar-refractivity contribution is -0.139. The minimum atomic E-state index is -4.31. The van der Waals surface area contributed by atoms with Gasteiger partial charge in [0.2, 0.25) is 11.8 Å². The fourth-order valence-corrected chi connectivity index (χ4v) is 6.62. The molecule has 1 aliphatic rings. The number of hydrogen-bond donors (Lipinski definition) is 1. The zero-order chi connectivity index (χ0) is 31.0. The van der Waals surface area contributed by atoms with E-state index < -0.39 is 34.3 Å². The second-order valence-electron chi connectivity index (χ2n) is 10.6. The van der Waals surface area contributed by atoms with E-state index in [0.717, 1.165) is 66.2 Å². The number of nitrogens with one attached hydrogen (secondary N) is 1. The summed E-state index contributed by atoms with van der Waals surface area (Å²) in [6.45, 7) is 3.36. The maximum atomic E-state index is 14.1. The van der Waals surface area contributed by atoms with E-state index in [2.05, 4.69) is 5.32 Å². The fourth-order valence-electron chi connectivity index (χ4n) is 5.08. The molecule has 1 saturated carbocycles. The van der Waals surface area contributed by atoms with Gasteiger partial charge in [0.1, 0.15) is 24.2 Å². The first-order chi connectivity index (χ1) is 20.6. The van der Waals surface area contributed by atoms with Crippen LogP contribution in [0.15, 0.2) is 77.7 Å². The molecule has 0 radical (unpaired) electrons. The molecule has 1 unspecified atom stereocenters. The van der Waals surface area contributed by atoms with Crippen LogP contribution in [0.4, 0.5) is 10.1 Å². The van der Waals surface area contributed by atoms with Crippen LogP contribution in [0.5, 0.6) is 5.75 Å². The number of carbonyl (C=O) groups is 2. The average Bonchev–Trinajstić information content (AvgIpc) is 3.00. The molecule has 0 spiro atoms. The van der Waals surface area contributed by atoms with E-state index >= 15 is 0 Å². The normalized spacial score (nSPS) is 14.5. The molecular weight excluding hydrogens is 593 g/mol. The number of sulfonamides is 1. The number of nitrogens with zero attached hydrogens (tertiary/aromatic N) is 2. The number of benzene rings is 3. The monoisotopic (exact) mass is 629 g/mol. The van der Waals surface area contributed by atoms with Crippen LogP contribution in [0.2, 0.25) is 5.02 Å². The van der Waals surface area contributed by atoms with E-state index in [1.807, 2.05) is 6.92 Å². The van der Waals surface area contributed by atoms with Crippen molar-refractivity contribution in [3.63, 3.8) is 0 Å². The highest BCUT2D eigenvalue weighted by molar-refractivity contribution is 7.92. The molecule has 0 bridgehead atoms. The summed E-state index contributed by atoms with van der Waals surface area (Å²) in [5, 5.41) is 3.60. The van der Waals surface area contributed by atoms with Crippen LogP contribution < -0.4 is 14.4 Å². The molecule has 1 aliphatic carbocycles. The van der Waals surface area contributed by atoms with Crippen LogP contribution >= 0.6 is 11.6 Å². The zero-order valence-electron chi connectivity index (χ0n) is 24.3. The van der Waals surface area contributed by atoms with Crippen LogP contribution in [0.25, 0.3) is 0 Å². The molecule has 3 aromatic rings. The van der Waals surface area contributed by atoms with Gasteiger partial charge < -0.3 is 15.0 Å². The molecule has 2 amide bonds. The SMILES string of the molecule is CCOc1ccc(N(CC(=O)N(Cc2ccc(Cl)cc2)C(C)C(=O)NC2CCCCC2)S(=O)(=O)c2ccc(F)cc2)cc1. The molecule has 1 atom stereocenters. The van der Waals surface area contributed by atoms with E-state index in [-0.39, 0.29) is 29.1 Å². The topological polar surface area (TPSA) is 96.0 Å². The van der Waals surface area contributed by atoms with E-state index in [0.29, 0.717) is 17.4 Å². The van der Waals surface area contributed by atoms with Crippen LogP contribution in [0.1, 0.15) is 51.5 Å². The smallest absolute Gasteiger partial charge is 0.264 e. The number of carbonyl (C=O) groups excluding carboxylic acids is 2. The van der Waals surface area contributed by atoms with Gasteiger partial charge >= 0.3 is 0 Å². The summed E-state index contributed by atoms with van der Waals surface area (Å²) < 4.78 is 47.9. The lowest BCUT2D eigenvalue weighted by Crippen LogP contribution is -2.53. The highest BCUT2D eigenvalue weighted by Crippen LogP contribution is 2.27. The van der Waals surface area contributed by atoms with Crippen LogP contribution in [0, 0.1) is 5.82 Å². The number of amides is 2. The van der Waals surface area contributed by atoms with Gasteiger partial charge in [0, 0.05) is 17.6 Å². The lowest BCUT2D eigenvalue weighted by atomic mass is 9.95. The van der Waals surface area contributed by atoms with Crippen molar-refractivity contribution >= 4 is 39.1 Å². The number of anilines is 1. The molecule has 0 heterocycles. The van der Waals surface area contributed by atoms with Gasteiger partial charge in [0.05, 0.1) is 17.2 Å². The summed E-state index contributed by atoms with van der Waals surface area (Å²) in [5.41, 5.74) is 0.941. The minimum absolute atomic E-state index is 0.0374. The minimum Gasteiger partial charge on any atom is -0.494 e. The molecule has 8 nitrogen and oxygen atoms in total. The molecule has 230 valence electrons. The Morgan fingerprint density at radius 2 is 1.60 bits per heavy atom. The van der Waals surface area contributed by atoms with Gasteiger partial charge in [-0.05, 0) is 92.9 Å². The summed E-state index contributed by atoms with van der Waals surface area (Å²) in [5.74, 6) is -0.937. The third kappa shape index (κ3) is 8.48. The van der Waals surface area contributed by atoms with Gasteiger partial charge in [-0.1, -0.05) is 43.0 Å². The third-order valence-corrected chi connectivity index (χ3v) is 9.54. The van der Waals surface area contributed by atoms with Crippen LogP contribution in [0.3, 0.4) is 0 Å². The molecule has 1 N–H and O–H groups in total. The van der Waals surface area contributed by atoms with E-state index in [1.54, 1.807) is 55.5 Å². The Balaban J connectivity index is 1.67. The first kappa shape index (κ1) is 32.3. The van der Waals surface area contributed by atoms with Crippen molar-refractivity contribution in [1.29, 1.82) is 0 Å². The van der Waals surface area contributed by atoms with Crippen molar-refractivity contribution in [1.82, 2.24) is 10.2 Å². The Morgan fingerprint density at radius 3 is 2.21 bits per heavy atom. The summed E-state index contributed by atoms with van der Waals surface area (Å²) >= 11 is 6.07. The first-order valence-electron chi connectivity index (χ1n) is 14.4. The van der Waals surface area contributed by atoms with Crippen molar-refractivity contribution in [3.8, 4) is 5.75 Å². The van der Waals surface area contributed by atoms with Gasteiger partial charge in [-0.25, -0.2) is 12.8 Å². The summed E-state index contributed by atoms with van der Waals surface area (Å²) in [6, 6.07) is 16.8. The third-order valence-electron chi connectivity index (χ3n) is 7.50. The maximum Gasteiger partial charge on any atom is 0.264 e. The fraction of sp³-hybridized carbons (Fsp3) is 0.375. The van der Waals surface area contributed by atoms with E-state index in [4.69, 9.17) is 16.3 Å². The van der Waals surface area contributed by atoms with E-state index in [1.165, 1.54) is 4.90 Å². The summed E-state index contributed by atoms with van der Waals surface area (Å²) in [4.78, 5) is 28.7. The molecule has 11 heteroatoms. The van der Waals surface area contributed by atoms with Gasteiger partial charge in [-0.2, -0.15) is 0 Å². The Morgan fingerprint density at radius 1 is 0.977 bits per heavy atom. The van der Waals surface area contributed by atoms with Gasteiger partial charge in [-0.15, -0.1) is 0 Å². The van der Waals surface area contributed by atoms with Gasteiger partial charge in [0.25, 0.3) is 10.0 Å². The predicted octanol–water partition coefficient (Wildman–Crippen LogP) is 5.94. The zero-order valence-corrected chi connectivity index (χ0v) is 25.9. The van der Waals surface area contributed by atoms with Crippen molar-refractivity contribution in [2.75, 3.05) is 17.5 Å². The number of rotatable bonds is 12. The van der Waals surface area contributed by atoms with E-state index in [9.17, 15) is 22.4 Å². The molecule has 3 aromatic carbocycles. The molecule has 0 aliphatic heterocycles. The largest absolute Gasteiger partial charge is 0.494 e. The van der Waals surface area contributed by atoms with Crippen LogP contribution in [-0.4, -0.2) is 50.4 Å². The lowest BCUT2D eigenvalue weighted by Gasteiger charge is -2.33. The Hall–Kier alpha value is -3.63. The molecule has 4 rings (SSSR count).